The van der Waals surface area contributed by atoms with Crippen LogP contribution in [0.1, 0.15) is 16.8 Å². The summed E-state index contributed by atoms with van der Waals surface area (Å²) in [5, 5.41) is 10.9. The van der Waals surface area contributed by atoms with Crippen molar-refractivity contribution < 1.29 is 18.6 Å². The molecule has 0 saturated carbocycles. The molecule has 148 valence electrons. The number of aliphatic hydroxyl groups is 1. The van der Waals surface area contributed by atoms with Crippen molar-refractivity contribution in [1.82, 2.24) is 14.5 Å². The number of fused-ring (bicyclic) bond motifs is 1. The highest BCUT2D eigenvalue weighted by atomic mass is 19.1. The van der Waals surface area contributed by atoms with Gasteiger partial charge in [0.05, 0.1) is 26.0 Å². The first-order valence-electron chi connectivity index (χ1n) is 9.04. The summed E-state index contributed by atoms with van der Waals surface area (Å²) in [4.78, 5) is 7.27. The van der Waals surface area contributed by atoms with Crippen LogP contribution in [0, 0.1) is 18.8 Å². The molecule has 0 bridgehead atoms. The van der Waals surface area contributed by atoms with Crippen molar-refractivity contribution in [3.63, 3.8) is 0 Å². The number of hydrogen-bond acceptors (Lipinski definition) is 4. The van der Waals surface area contributed by atoms with Gasteiger partial charge in [-0.3, -0.25) is 0 Å². The highest BCUT2D eigenvalue weighted by Crippen LogP contribution is 2.37. The van der Waals surface area contributed by atoms with Crippen LogP contribution in [-0.4, -0.2) is 26.8 Å². The highest BCUT2D eigenvalue weighted by molar-refractivity contribution is 5.98. The Kier molecular flexibility index (Phi) is 4.98. The van der Waals surface area contributed by atoms with Crippen molar-refractivity contribution in [3.05, 3.63) is 77.5 Å². The molecule has 0 unspecified atom stereocenters. The van der Waals surface area contributed by atoms with Gasteiger partial charge >= 0.3 is 6.08 Å². The first kappa shape index (κ1) is 19.0. The summed E-state index contributed by atoms with van der Waals surface area (Å²) in [5.41, 5.74) is 3.89. The van der Waals surface area contributed by atoms with Crippen molar-refractivity contribution in [3.8, 4) is 16.9 Å². The third-order valence-electron chi connectivity index (χ3n) is 4.97. The number of halogens is 2. The molecule has 0 fully saturated rings. The van der Waals surface area contributed by atoms with Crippen molar-refractivity contribution in [1.29, 1.82) is 0 Å². The SMILES string of the molecule is COc1ccc2c(c1)c(-c1cnc(F)nc1)c(CO)n2Cc1ccc(C)cc1F. The molecule has 7 heteroatoms. The Morgan fingerprint density at radius 3 is 2.48 bits per heavy atom. The van der Waals surface area contributed by atoms with Crippen molar-refractivity contribution in [2.75, 3.05) is 7.11 Å². The van der Waals surface area contributed by atoms with E-state index >= 15 is 0 Å². The molecule has 0 radical (unpaired) electrons. The lowest BCUT2D eigenvalue weighted by molar-refractivity contribution is 0.272. The molecule has 29 heavy (non-hydrogen) atoms. The molecule has 0 saturated heterocycles. The predicted molar refractivity (Wildman–Crippen MR) is 106 cm³/mol. The van der Waals surface area contributed by atoms with E-state index in [1.165, 1.54) is 18.5 Å². The van der Waals surface area contributed by atoms with Crippen LogP contribution in [0.2, 0.25) is 0 Å². The smallest absolute Gasteiger partial charge is 0.308 e. The maximum absolute atomic E-state index is 14.5. The van der Waals surface area contributed by atoms with Gasteiger partial charge in [-0.05, 0) is 36.8 Å². The van der Waals surface area contributed by atoms with E-state index < -0.39 is 6.08 Å². The summed E-state index contributed by atoms with van der Waals surface area (Å²) in [6.07, 6.45) is 1.90. The van der Waals surface area contributed by atoms with Gasteiger partial charge in [0.2, 0.25) is 0 Å². The third-order valence-corrected chi connectivity index (χ3v) is 4.97. The van der Waals surface area contributed by atoms with E-state index in [1.54, 1.807) is 19.2 Å². The van der Waals surface area contributed by atoms with E-state index in [1.807, 2.05) is 29.7 Å². The number of aliphatic hydroxyl groups excluding tert-OH is 1. The summed E-state index contributed by atoms with van der Waals surface area (Å²) >= 11 is 0. The zero-order valence-corrected chi connectivity index (χ0v) is 16.0. The summed E-state index contributed by atoms with van der Waals surface area (Å²) in [6.45, 7) is 1.76. The summed E-state index contributed by atoms with van der Waals surface area (Å²) in [5.74, 6) is 0.320. The minimum Gasteiger partial charge on any atom is -0.497 e. The standard InChI is InChI=1S/C22H19F2N3O2/c1-13-3-4-14(18(23)7-13)11-27-19-6-5-16(29-2)8-17(19)21(20(27)12-28)15-9-25-22(24)26-10-15/h3-10,28H,11-12H2,1-2H3. The van der Waals surface area contributed by atoms with Crippen LogP contribution in [0.15, 0.2) is 48.8 Å². The van der Waals surface area contributed by atoms with Gasteiger partial charge in [-0.1, -0.05) is 12.1 Å². The Labute approximate surface area is 166 Å². The Bertz CT molecular complexity index is 1190. The second kappa shape index (κ2) is 7.60. The number of ether oxygens (including phenoxy) is 1. The largest absolute Gasteiger partial charge is 0.497 e. The molecular formula is C22H19F2N3O2. The molecule has 2 aromatic carbocycles. The minimum absolute atomic E-state index is 0.229. The van der Waals surface area contributed by atoms with E-state index in [4.69, 9.17) is 4.74 Å². The van der Waals surface area contributed by atoms with Crippen molar-refractivity contribution in [2.24, 2.45) is 0 Å². The summed E-state index contributed by atoms with van der Waals surface area (Å²) in [7, 11) is 1.56. The number of benzene rings is 2. The van der Waals surface area contributed by atoms with E-state index in [0.29, 0.717) is 28.1 Å². The molecular weight excluding hydrogens is 376 g/mol. The molecule has 0 atom stereocenters. The van der Waals surface area contributed by atoms with E-state index in [9.17, 15) is 13.9 Å². The van der Waals surface area contributed by atoms with Gasteiger partial charge in [-0.2, -0.15) is 4.39 Å². The zero-order chi connectivity index (χ0) is 20.5. The normalized spacial score (nSPS) is 11.2. The topological polar surface area (TPSA) is 60.2 Å². The van der Waals surface area contributed by atoms with Crippen molar-refractivity contribution in [2.45, 2.75) is 20.1 Å². The first-order valence-corrected chi connectivity index (χ1v) is 9.04. The Morgan fingerprint density at radius 2 is 1.83 bits per heavy atom. The number of aromatic nitrogens is 3. The second-order valence-corrected chi connectivity index (χ2v) is 6.78. The lowest BCUT2D eigenvalue weighted by atomic mass is 10.0. The van der Waals surface area contributed by atoms with E-state index in [-0.39, 0.29) is 19.0 Å². The number of nitrogens with zero attached hydrogens (tertiary/aromatic N) is 3. The molecule has 1 N–H and O–H groups in total. The van der Waals surface area contributed by atoms with E-state index in [0.717, 1.165) is 16.5 Å². The Balaban J connectivity index is 1.97. The van der Waals surface area contributed by atoms with Gasteiger partial charge in [0.15, 0.2) is 0 Å². The van der Waals surface area contributed by atoms with Crippen molar-refractivity contribution >= 4 is 10.9 Å². The number of methoxy groups -OCH3 is 1. The minimum atomic E-state index is -0.831. The number of hydrogen-bond donors (Lipinski definition) is 1. The Hall–Kier alpha value is -3.32. The van der Waals surface area contributed by atoms with Gasteiger partial charge < -0.3 is 14.4 Å². The monoisotopic (exact) mass is 395 g/mol. The Morgan fingerprint density at radius 1 is 1.07 bits per heavy atom. The molecule has 2 heterocycles. The fourth-order valence-corrected chi connectivity index (χ4v) is 3.57. The lowest BCUT2D eigenvalue weighted by Crippen LogP contribution is -2.07. The van der Waals surface area contributed by atoms with Crippen LogP contribution in [0.4, 0.5) is 8.78 Å². The average molecular weight is 395 g/mol. The van der Waals surface area contributed by atoms with Crippen LogP contribution in [-0.2, 0) is 13.2 Å². The molecule has 2 aromatic heterocycles. The maximum Gasteiger partial charge on any atom is 0.308 e. The second-order valence-electron chi connectivity index (χ2n) is 6.78. The van der Waals surface area contributed by atoms with Crippen LogP contribution in [0.5, 0.6) is 5.75 Å². The molecule has 0 aliphatic rings. The highest BCUT2D eigenvalue weighted by Gasteiger charge is 2.20. The molecule has 4 rings (SSSR count). The van der Waals surface area contributed by atoms with Gasteiger partial charge in [-0.25, -0.2) is 14.4 Å². The molecule has 4 aromatic rings. The molecule has 0 spiro atoms. The molecule has 0 amide bonds. The van der Waals surface area contributed by atoms with Gasteiger partial charge in [0.1, 0.15) is 11.6 Å². The summed E-state index contributed by atoms with van der Waals surface area (Å²) in [6, 6.07) is 10.6. The van der Waals surface area contributed by atoms with Gasteiger partial charge in [0.25, 0.3) is 0 Å². The van der Waals surface area contributed by atoms with Crippen LogP contribution in [0.3, 0.4) is 0 Å². The zero-order valence-electron chi connectivity index (χ0n) is 16.0. The fourth-order valence-electron chi connectivity index (χ4n) is 3.57. The predicted octanol–water partition coefficient (Wildman–Crippen LogP) is 4.23. The summed E-state index contributed by atoms with van der Waals surface area (Å²) < 4.78 is 34.9. The van der Waals surface area contributed by atoms with Crippen LogP contribution in [0.25, 0.3) is 22.0 Å². The average Bonchev–Trinajstić information content (AvgIpc) is 3.03. The number of rotatable bonds is 5. The molecule has 0 aliphatic carbocycles. The molecule has 0 aliphatic heterocycles. The number of aryl methyl sites for hydroxylation is 1. The third kappa shape index (κ3) is 3.45. The quantitative estimate of drug-likeness (QED) is 0.514. The molecule has 5 nitrogen and oxygen atoms in total. The van der Waals surface area contributed by atoms with Gasteiger partial charge in [-0.15, -0.1) is 0 Å². The van der Waals surface area contributed by atoms with Crippen LogP contribution < -0.4 is 4.74 Å². The van der Waals surface area contributed by atoms with Gasteiger partial charge in [0, 0.05) is 40.0 Å². The lowest BCUT2D eigenvalue weighted by Gasteiger charge is -2.12. The van der Waals surface area contributed by atoms with E-state index in [2.05, 4.69) is 9.97 Å². The first-order chi connectivity index (χ1) is 14.0. The van der Waals surface area contributed by atoms with Crippen LogP contribution >= 0.6 is 0 Å². The maximum atomic E-state index is 14.5. The fraction of sp³-hybridized carbons (Fsp3) is 0.182.